The lowest BCUT2D eigenvalue weighted by Gasteiger charge is -2.01. The van der Waals surface area contributed by atoms with E-state index in [-0.39, 0.29) is 5.83 Å². The Morgan fingerprint density at radius 2 is 2.07 bits per heavy atom. The fourth-order valence-corrected chi connectivity index (χ4v) is 1.38. The van der Waals surface area contributed by atoms with Crippen LogP contribution in [0.1, 0.15) is 12.5 Å². The molecule has 2 nitrogen and oxygen atoms in total. The summed E-state index contributed by atoms with van der Waals surface area (Å²) in [5.74, 6) is -0.189. The van der Waals surface area contributed by atoms with Gasteiger partial charge in [-0.3, -0.25) is 0 Å². The number of halogens is 1. The van der Waals surface area contributed by atoms with Crippen molar-refractivity contribution in [2.24, 2.45) is 0 Å². The standard InChI is InChI=1S/C12H11FN2/c1-10(13)8-11-2-4-12(5-3-11)15-7-6-14-9-15/h2-9H,1H3/b10-8-. The smallest absolute Gasteiger partial charge is 0.0991 e. The first-order chi connectivity index (χ1) is 7.25. The minimum absolute atomic E-state index is 0.189. The van der Waals surface area contributed by atoms with E-state index < -0.39 is 0 Å². The molecule has 76 valence electrons. The zero-order chi connectivity index (χ0) is 10.7. The molecule has 0 saturated heterocycles. The summed E-state index contributed by atoms with van der Waals surface area (Å²) in [5.41, 5.74) is 1.88. The van der Waals surface area contributed by atoms with Gasteiger partial charge >= 0.3 is 0 Å². The average molecular weight is 202 g/mol. The van der Waals surface area contributed by atoms with Crippen LogP contribution >= 0.6 is 0 Å². The lowest BCUT2D eigenvalue weighted by Crippen LogP contribution is -1.88. The van der Waals surface area contributed by atoms with Crippen molar-refractivity contribution < 1.29 is 4.39 Å². The molecule has 15 heavy (non-hydrogen) atoms. The van der Waals surface area contributed by atoms with Crippen molar-refractivity contribution in [3.63, 3.8) is 0 Å². The highest BCUT2D eigenvalue weighted by atomic mass is 19.1. The van der Waals surface area contributed by atoms with Gasteiger partial charge in [-0.2, -0.15) is 0 Å². The van der Waals surface area contributed by atoms with Crippen molar-refractivity contribution in [2.45, 2.75) is 6.92 Å². The Bertz CT molecular complexity index is 451. The molecule has 2 rings (SSSR count). The van der Waals surface area contributed by atoms with E-state index in [1.54, 1.807) is 12.5 Å². The van der Waals surface area contributed by atoms with Crippen molar-refractivity contribution in [3.05, 3.63) is 54.4 Å². The van der Waals surface area contributed by atoms with Crippen LogP contribution in [-0.4, -0.2) is 9.55 Å². The van der Waals surface area contributed by atoms with Crippen LogP contribution in [-0.2, 0) is 0 Å². The van der Waals surface area contributed by atoms with Gasteiger partial charge in [0.2, 0.25) is 0 Å². The molecular formula is C12H11FN2. The molecule has 0 aliphatic rings. The first-order valence-electron chi connectivity index (χ1n) is 4.68. The molecule has 1 heterocycles. The second-order valence-electron chi connectivity index (χ2n) is 3.29. The van der Waals surface area contributed by atoms with Crippen LogP contribution in [0.15, 0.2) is 48.8 Å². The highest BCUT2D eigenvalue weighted by Gasteiger charge is 1.95. The van der Waals surface area contributed by atoms with Crippen LogP contribution in [0.3, 0.4) is 0 Å². The molecule has 1 aromatic carbocycles. The van der Waals surface area contributed by atoms with Crippen molar-refractivity contribution in [3.8, 4) is 5.69 Å². The second kappa shape index (κ2) is 4.09. The third-order valence-corrected chi connectivity index (χ3v) is 2.06. The Labute approximate surface area is 87.7 Å². The van der Waals surface area contributed by atoms with Gasteiger partial charge in [0.1, 0.15) is 0 Å². The second-order valence-corrected chi connectivity index (χ2v) is 3.29. The zero-order valence-electron chi connectivity index (χ0n) is 8.39. The van der Waals surface area contributed by atoms with Crippen molar-refractivity contribution in [1.82, 2.24) is 9.55 Å². The van der Waals surface area contributed by atoms with E-state index in [0.717, 1.165) is 11.3 Å². The van der Waals surface area contributed by atoms with E-state index in [4.69, 9.17) is 0 Å². The van der Waals surface area contributed by atoms with Gasteiger partial charge in [-0.1, -0.05) is 12.1 Å². The Morgan fingerprint density at radius 3 is 2.60 bits per heavy atom. The molecule has 0 spiro atoms. The maximum Gasteiger partial charge on any atom is 0.0991 e. The van der Waals surface area contributed by atoms with Gasteiger partial charge in [-0.25, -0.2) is 9.37 Å². The molecule has 0 N–H and O–H groups in total. The number of aromatic nitrogens is 2. The SMILES string of the molecule is C/C(F)=C/c1ccc(-n2ccnc2)cc1. The van der Waals surface area contributed by atoms with Crippen LogP contribution < -0.4 is 0 Å². The number of imidazole rings is 1. The lowest BCUT2D eigenvalue weighted by molar-refractivity contribution is 0.648. The summed E-state index contributed by atoms with van der Waals surface area (Å²) in [6.45, 7) is 1.43. The zero-order valence-corrected chi connectivity index (χ0v) is 8.39. The van der Waals surface area contributed by atoms with Gasteiger partial charge in [-0.15, -0.1) is 0 Å². The third-order valence-electron chi connectivity index (χ3n) is 2.06. The molecule has 1 aromatic heterocycles. The normalized spacial score (nSPS) is 11.7. The summed E-state index contributed by atoms with van der Waals surface area (Å²) in [5, 5.41) is 0. The van der Waals surface area contributed by atoms with Gasteiger partial charge in [0, 0.05) is 18.1 Å². The molecule has 0 amide bonds. The van der Waals surface area contributed by atoms with E-state index in [1.165, 1.54) is 13.0 Å². The number of allylic oxidation sites excluding steroid dienone is 1. The highest BCUT2D eigenvalue weighted by molar-refractivity contribution is 5.52. The minimum Gasteiger partial charge on any atom is -0.306 e. The molecule has 0 aliphatic heterocycles. The number of nitrogens with zero attached hydrogens (tertiary/aromatic N) is 2. The Balaban J connectivity index is 2.29. The minimum atomic E-state index is -0.189. The number of hydrogen-bond acceptors (Lipinski definition) is 1. The van der Waals surface area contributed by atoms with Crippen LogP contribution in [0.5, 0.6) is 0 Å². The van der Waals surface area contributed by atoms with E-state index in [1.807, 2.05) is 35.0 Å². The average Bonchev–Trinajstić information content (AvgIpc) is 2.71. The maximum atomic E-state index is 12.6. The fraction of sp³-hybridized carbons (Fsp3) is 0.0833. The maximum absolute atomic E-state index is 12.6. The van der Waals surface area contributed by atoms with Crippen LogP contribution in [0.2, 0.25) is 0 Å². The highest BCUT2D eigenvalue weighted by Crippen LogP contribution is 2.12. The summed E-state index contributed by atoms with van der Waals surface area (Å²) >= 11 is 0. The molecule has 0 radical (unpaired) electrons. The summed E-state index contributed by atoms with van der Waals surface area (Å²) in [4.78, 5) is 3.96. The van der Waals surface area contributed by atoms with E-state index in [2.05, 4.69) is 4.98 Å². The van der Waals surface area contributed by atoms with E-state index in [9.17, 15) is 4.39 Å². The topological polar surface area (TPSA) is 17.8 Å². The fourth-order valence-electron chi connectivity index (χ4n) is 1.38. The first kappa shape index (κ1) is 9.65. The summed E-state index contributed by atoms with van der Waals surface area (Å²) in [6, 6.07) is 7.60. The summed E-state index contributed by atoms with van der Waals surface area (Å²) in [7, 11) is 0. The van der Waals surface area contributed by atoms with Gasteiger partial charge in [0.05, 0.1) is 12.2 Å². The van der Waals surface area contributed by atoms with Crippen LogP contribution in [0.25, 0.3) is 11.8 Å². The van der Waals surface area contributed by atoms with Gasteiger partial charge in [-0.05, 0) is 30.7 Å². The summed E-state index contributed by atoms with van der Waals surface area (Å²) < 4.78 is 14.5. The molecule has 0 fully saturated rings. The van der Waals surface area contributed by atoms with Gasteiger partial charge < -0.3 is 4.57 Å². The molecule has 0 atom stereocenters. The van der Waals surface area contributed by atoms with Crippen molar-refractivity contribution in [2.75, 3.05) is 0 Å². The molecule has 2 aromatic rings. The first-order valence-corrected chi connectivity index (χ1v) is 4.68. The van der Waals surface area contributed by atoms with Gasteiger partial charge in [0.25, 0.3) is 0 Å². The Morgan fingerprint density at radius 1 is 1.33 bits per heavy atom. The monoisotopic (exact) mass is 202 g/mol. The third kappa shape index (κ3) is 2.31. The molecular weight excluding hydrogens is 191 g/mol. The predicted molar refractivity (Wildman–Crippen MR) is 58.3 cm³/mol. The Kier molecular flexibility index (Phi) is 2.63. The Hall–Kier alpha value is -1.90. The van der Waals surface area contributed by atoms with Crippen molar-refractivity contribution >= 4 is 6.08 Å². The van der Waals surface area contributed by atoms with E-state index in [0.29, 0.717) is 0 Å². The van der Waals surface area contributed by atoms with Crippen LogP contribution in [0.4, 0.5) is 4.39 Å². The number of rotatable bonds is 2. The summed E-state index contributed by atoms with van der Waals surface area (Å²) in [6.07, 6.45) is 6.81. The number of hydrogen-bond donors (Lipinski definition) is 0. The van der Waals surface area contributed by atoms with E-state index >= 15 is 0 Å². The lowest BCUT2D eigenvalue weighted by atomic mass is 10.2. The molecule has 0 saturated carbocycles. The predicted octanol–water partition coefficient (Wildman–Crippen LogP) is 3.20. The molecule has 3 heteroatoms. The molecule has 0 aliphatic carbocycles. The quantitative estimate of drug-likeness (QED) is 0.731. The molecule has 0 unspecified atom stereocenters. The molecule has 0 bridgehead atoms. The van der Waals surface area contributed by atoms with Gasteiger partial charge in [0.15, 0.2) is 0 Å². The van der Waals surface area contributed by atoms with Crippen LogP contribution in [0, 0.1) is 0 Å². The largest absolute Gasteiger partial charge is 0.306 e. The number of benzene rings is 1. The van der Waals surface area contributed by atoms with Crippen molar-refractivity contribution in [1.29, 1.82) is 0 Å².